The first-order chi connectivity index (χ1) is 10.6. The molecule has 0 bridgehead atoms. The van der Waals surface area contributed by atoms with Gasteiger partial charge in [0.15, 0.2) is 0 Å². The Hall–Kier alpha value is -1.61. The summed E-state index contributed by atoms with van der Waals surface area (Å²) >= 11 is 6.10. The molecular formula is C12H7Br2N2O6P. The van der Waals surface area contributed by atoms with Crippen molar-refractivity contribution in [1.29, 1.82) is 0 Å². The van der Waals surface area contributed by atoms with Crippen LogP contribution in [0.3, 0.4) is 0 Å². The molecule has 23 heavy (non-hydrogen) atoms. The van der Waals surface area contributed by atoms with Gasteiger partial charge in [0.2, 0.25) is 0 Å². The lowest BCUT2D eigenvalue weighted by atomic mass is 10.3. The van der Waals surface area contributed by atoms with Gasteiger partial charge in [-0.1, -0.05) is 0 Å². The van der Waals surface area contributed by atoms with Crippen LogP contribution in [0, 0.1) is 20.2 Å². The van der Waals surface area contributed by atoms with Gasteiger partial charge >= 0.3 is 0 Å². The van der Waals surface area contributed by atoms with Gasteiger partial charge in [0.05, 0.1) is 20.5 Å². The van der Waals surface area contributed by atoms with E-state index in [4.69, 9.17) is 0 Å². The summed E-state index contributed by atoms with van der Waals surface area (Å²) in [6.07, 6.45) is 0. The van der Waals surface area contributed by atoms with Gasteiger partial charge in [-0.05, 0) is 44.0 Å². The SMILES string of the molecule is O=[N+]([O-])c1ccc(P(=O)(O)c2ccc([N+](=O)[O-])cc2Br)c(Br)c1. The Morgan fingerprint density at radius 3 is 1.48 bits per heavy atom. The number of rotatable bonds is 4. The largest absolute Gasteiger partial charge is 0.338 e. The Morgan fingerprint density at radius 1 is 0.870 bits per heavy atom. The summed E-state index contributed by atoms with van der Waals surface area (Å²) in [6.45, 7) is 0. The molecule has 8 nitrogen and oxygen atoms in total. The predicted octanol–water partition coefficient (Wildman–Crippen LogP) is 3.25. The molecule has 120 valence electrons. The van der Waals surface area contributed by atoms with E-state index < -0.39 is 17.2 Å². The van der Waals surface area contributed by atoms with Crippen LogP contribution >= 0.6 is 39.2 Å². The molecule has 0 aromatic heterocycles. The molecule has 0 amide bonds. The van der Waals surface area contributed by atoms with Gasteiger partial charge in [-0.3, -0.25) is 24.8 Å². The highest BCUT2D eigenvalue weighted by molar-refractivity contribution is 9.11. The van der Waals surface area contributed by atoms with E-state index in [0.717, 1.165) is 24.3 Å². The number of nitro benzene ring substituents is 2. The van der Waals surface area contributed by atoms with Crippen LogP contribution in [-0.4, -0.2) is 14.7 Å². The normalized spacial score (nSPS) is 11.3. The first-order valence-electron chi connectivity index (χ1n) is 5.86. The second-order valence-electron chi connectivity index (χ2n) is 4.36. The molecule has 0 aliphatic carbocycles. The first kappa shape index (κ1) is 17.7. The molecule has 0 aliphatic heterocycles. The Labute approximate surface area is 146 Å². The monoisotopic (exact) mass is 464 g/mol. The molecule has 0 unspecified atom stereocenters. The molecule has 0 saturated heterocycles. The summed E-state index contributed by atoms with van der Waals surface area (Å²) in [5.41, 5.74) is -0.466. The second-order valence-corrected chi connectivity index (χ2v) is 8.19. The van der Waals surface area contributed by atoms with Gasteiger partial charge in [0.1, 0.15) is 0 Å². The summed E-state index contributed by atoms with van der Waals surface area (Å²) in [5, 5.41) is 21.4. The van der Waals surface area contributed by atoms with E-state index >= 15 is 0 Å². The van der Waals surface area contributed by atoms with Crippen molar-refractivity contribution >= 4 is 61.2 Å². The Balaban J connectivity index is 2.56. The highest BCUT2D eigenvalue weighted by Crippen LogP contribution is 2.44. The van der Waals surface area contributed by atoms with Gasteiger partial charge in [0, 0.05) is 33.2 Å². The molecule has 0 fully saturated rings. The zero-order valence-electron chi connectivity index (χ0n) is 11.1. The summed E-state index contributed by atoms with van der Waals surface area (Å²) in [7, 11) is -4.11. The summed E-state index contributed by atoms with van der Waals surface area (Å²) in [6, 6.07) is 6.83. The number of halogens is 2. The Morgan fingerprint density at radius 2 is 1.22 bits per heavy atom. The molecule has 2 aromatic rings. The fraction of sp³-hybridized carbons (Fsp3) is 0. The molecular weight excluding hydrogens is 459 g/mol. The van der Waals surface area contributed by atoms with E-state index in [-0.39, 0.29) is 30.9 Å². The minimum Gasteiger partial charge on any atom is -0.338 e. The maximum atomic E-state index is 12.8. The van der Waals surface area contributed by atoms with Crippen molar-refractivity contribution in [3.8, 4) is 0 Å². The molecule has 2 aromatic carbocycles. The van der Waals surface area contributed by atoms with Crippen LogP contribution in [0.15, 0.2) is 45.3 Å². The molecule has 0 radical (unpaired) electrons. The van der Waals surface area contributed by atoms with Crippen molar-refractivity contribution in [3.63, 3.8) is 0 Å². The van der Waals surface area contributed by atoms with E-state index in [9.17, 15) is 29.7 Å². The lowest BCUT2D eigenvalue weighted by molar-refractivity contribution is -0.385. The van der Waals surface area contributed by atoms with E-state index in [2.05, 4.69) is 31.9 Å². The van der Waals surface area contributed by atoms with E-state index in [1.807, 2.05) is 0 Å². The third-order valence-corrected chi connectivity index (χ3v) is 6.95. The Kier molecular flexibility index (Phi) is 5.00. The summed E-state index contributed by atoms with van der Waals surface area (Å²) in [5.74, 6) is 0. The molecule has 0 heterocycles. The minimum atomic E-state index is -4.11. The molecule has 0 atom stereocenters. The van der Waals surface area contributed by atoms with Crippen LogP contribution in [-0.2, 0) is 4.57 Å². The lowest BCUT2D eigenvalue weighted by Crippen LogP contribution is -2.18. The minimum absolute atomic E-state index is 0.0438. The zero-order valence-corrected chi connectivity index (χ0v) is 15.1. The van der Waals surface area contributed by atoms with Crippen molar-refractivity contribution < 1.29 is 19.3 Å². The highest BCUT2D eigenvalue weighted by atomic mass is 79.9. The lowest BCUT2D eigenvalue weighted by Gasteiger charge is -2.15. The molecule has 0 spiro atoms. The van der Waals surface area contributed by atoms with Crippen molar-refractivity contribution in [2.45, 2.75) is 0 Å². The van der Waals surface area contributed by atoms with E-state index in [1.165, 1.54) is 12.1 Å². The first-order valence-corrected chi connectivity index (χ1v) is 9.11. The number of nitro groups is 2. The number of benzene rings is 2. The van der Waals surface area contributed by atoms with Crippen LogP contribution in [0.4, 0.5) is 11.4 Å². The van der Waals surface area contributed by atoms with Crippen molar-refractivity contribution in [3.05, 3.63) is 65.6 Å². The average Bonchev–Trinajstić information content (AvgIpc) is 2.46. The van der Waals surface area contributed by atoms with Crippen LogP contribution in [0.5, 0.6) is 0 Å². The Bertz CT molecular complexity index is 805. The van der Waals surface area contributed by atoms with Gasteiger partial charge < -0.3 is 4.89 Å². The number of nitrogens with zero attached hydrogens (tertiary/aromatic N) is 2. The van der Waals surface area contributed by atoms with Crippen molar-refractivity contribution in [2.75, 3.05) is 0 Å². The number of non-ortho nitro benzene ring substituents is 2. The fourth-order valence-electron chi connectivity index (χ4n) is 1.84. The van der Waals surface area contributed by atoms with Crippen molar-refractivity contribution in [1.82, 2.24) is 0 Å². The van der Waals surface area contributed by atoms with Crippen LogP contribution in [0.2, 0.25) is 0 Å². The van der Waals surface area contributed by atoms with Gasteiger partial charge in [0.25, 0.3) is 18.7 Å². The van der Waals surface area contributed by atoms with E-state index in [1.54, 1.807) is 0 Å². The van der Waals surface area contributed by atoms with Gasteiger partial charge in [-0.2, -0.15) is 0 Å². The van der Waals surface area contributed by atoms with Crippen LogP contribution in [0.25, 0.3) is 0 Å². The standard InChI is InChI=1S/C12H7Br2N2O6P/c13-9-5-7(15(17)18)1-3-11(9)23(21,22)12-4-2-8(16(19)20)6-10(12)14/h1-6H,(H,21,22). The van der Waals surface area contributed by atoms with Crippen LogP contribution < -0.4 is 10.6 Å². The molecule has 0 aliphatic rings. The molecule has 0 saturated carbocycles. The second kappa shape index (κ2) is 6.48. The summed E-state index contributed by atoms with van der Waals surface area (Å²) in [4.78, 5) is 30.6. The topological polar surface area (TPSA) is 124 Å². The predicted molar refractivity (Wildman–Crippen MR) is 90.7 cm³/mol. The van der Waals surface area contributed by atoms with Gasteiger partial charge in [-0.25, -0.2) is 0 Å². The van der Waals surface area contributed by atoms with Crippen LogP contribution in [0.1, 0.15) is 0 Å². The number of hydrogen-bond donors (Lipinski definition) is 1. The quantitative estimate of drug-likeness (QED) is 0.420. The molecule has 11 heteroatoms. The number of hydrogen-bond acceptors (Lipinski definition) is 5. The average molecular weight is 466 g/mol. The summed E-state index contributed by atoms with van der Waals surface area (Å²) < 4.78 is 13.0. The molecule has 1 N–H and O–H groups in total. The zero-order chi connectivity index (χ0) is 17.4. The highest BCUT2D eigenvalue weighted by Gasteiger charge is 2.30. The molecule has 2 rings (SSSR count). The fourth-order valence-corrected chi connectivity index (χ4v) is 5.54. The third-order valence-electron chi connectivity index (χ3n) is 2.94. The maximum Gasteiger partial charge on any atom is 0.270 e. The van der Waals surface area contributed by atoms with E-state index in [0.29, 0.717) is 0 Å². The smallest absolute Gasteiger partial charge is 0.270 e. The van der Waals surface area contributed by atoms with Crippen molar-refractivity contribution in [2.24, 2.45) is 0 Å². The van der Waals surface area contributed by atoms with Gasteiger partial charge in [-0.15, -0.1) is 0 Å². The third kappa shape index (κ3) is 3.50. The maximum absolute atomic E-state index is 12.8.